The zero-order chi connectivity index (χ0) is 15.1. The van der Waals surface area contributed by atoms with Gasteiger partial charge >= 0.3 is 0 Å². The second-order valence-electron chi connectivity index (χ2n) is 4.69. The van der Waals surface area contributed by atoms with Crippen LogP contribution in [0.1, 0.15) is 26.2 Å². The van der Waals surface area contributed by atoms with Crippen LogP contribution < -0.4 is 11.1 Å². The molecule has 0 saturated carbocycles. The molecule has 0 spiro atoms. The molecule has 0 bridgehead atoms. The summed E-state index contributed by atoms with van der Waals surface area (Å²) in [7, 11) is 0. The normalized spacial score (nSPS) is 11.9. The van der Waals surface area contributed by atoms with Crippen LogP contribution in [0.15, 0.2) is 18.2 Å². The predicted molar refractivity (Wildman–Crippen MR) is 73.8 cm³/mol. The average molecular weight is 283 g/mol. The van der Waals surface area contributed by atoms with E-state index in [1.165, 1.54) is 0 Å². The van der Waals surface area contributed by atoms with E-state index < -0.39 is 10.7 Å². The number of non-ortho nitro benzene ring substituents is 1. The smallest absolute Gasteiger partial charge is 0.271 e. The molecule has 0 aromatic heterocycles. The van der Waals surface area contributed by atoms with E-state index in [0.717, 1.165) is 24.6 Å². The Balaban J connectivity index is 2.61. The Hall–Kier alpha value is -2.02. The molecule has 0 heterocycles. The molecular weight excluding hydrogens is 265 g/mol. The molecule has 0 aliphatic heterocycles. The fourth-order valence-corrected chi connectivity index (χ4v) is 1.74. The van der Waals surface area contributed by atoms with Crippen molar-refractivity contribution in [1.82, 2.24) is 0 Å². The van der Waals surface area contributed by atoms with E-state index in [4.69, 9.17) is 5.73 Å². The summed E-state index contributed by atoms with van der Waals surface area (Å²) in [5.41, 5.74) is 4.97. The first-order valence-electron chi connectivity index (χ1n) is 6.38. The molecule has 6 nitrogen and oxygen atoms in total. The van der Waals surface area contributed by atoms with Crippen LogP contribution in [0, 0.1) is 21.8 Å². The van der Waals surface area contributed by atoms with Crippen molar-refractivity contribution in [2.24, 2.45) is 11.7 Å². The fraction of sp³-hybridized carbons (Fsp3) is 0.462. The number of hydrogen-bond acceptors (Lipinski definition) is 4. The van der Waals surface area contributed by atoms with Gasteiger partial charge < -0.3 is 11.1 Å². The third-order valence-electron chi connectivity index (χ3n) is 2.96. The van der Waals surface area contributed by atoms with Crippen LogP contribution in [0.2, 0.25) is 0 Å². The molecule has 7 heteroatoms. The number of carbonyl (C=O) groups excluding carboxylic acids is 1. The Bertz CT molecular complexity index is 494. The first-order chi connectivity index (χ1) is 9.43. The molecule has 1 aromatic carbocycles. The number of nitro benzene ring substituents is 1. The predicted octanol–water partition coefficient (Wildman–Crippen LogP) is 2.44. The Morgan fingerprint density at radius 1 is 1.50 bits per heavy atom. The van der Waals surface area contributed by atoms with Gasteiger partial charge in [-0.3, -0.25) is 14.9 Å². The van der Waals surface area contributed by atoms with E-state index in [1.807, 2.05) is 6.92 Å². The lowest BCUT2D eigenvalue weighted by Gasteiger charge is -2.10. The summed E-state index contributed by atoms with van der Waals surface area (Å²) in [5, 5.41) is 12.9. The van der Waals surface area contributed by atoms with Crippen LogP contribution in [-0.4, -0.2) is 17.4 Å². The SMILES string of the molecule is CC(CCN)CCC(=O)Nc1cc([N+](=O)[O-])ccc1F. The van der Waals surface area contributed by atoms with E-state index in [-0.39, 0.29) is 23.7 Å². The fourth-order valence-electron chi connectivity index (χ4n) is 1.74. The number of benzene rings is 1. The highest BCUT2D eigenvalue weighted by molar-refractivity contribution is 5.91. The summed E-state index contributed by atoms with van der Waals surface area (Å²) < 4.78 is 13.5. The van der Waals surface area contributed by atoms with E-state index in [0.29, 0.717) is 18.9 Å². The lowest BCUT2D eigenvalue weighted by molar-refractivity contribution is -0.384. The van der Waals surface area contributed by atoms with Gasteiger partial charge in [0.1, 0.15) is 5.82 Å². The number of rotatable bonds is 7. The third kappa shape index (κ3) is 4.93. The highest BCUT2D eigenvalue weighted by atomic mass is 19.1. The van der Waals surface area contributed by atoms with Gasteiger partial charge in [0, 0.05) is 18.6 Å². The molecule has 3 N–H and O–H groups in total. The van der Waals surface area contributed by atoms with Crippen molar-refractivity contribution >= 4 is 17.3 Å². The number of halogens is 1. The second-order valence-corrected chi connectivity index (χ2v) is 4.69. The molecule has 1 rings (SSSR count). The summed E-state index contributed by atoms with van der Waals surface area (Å²) in [5.74, 6) is -0.757. The van der Waals surface area contributed by atoms with Gasteiger partial charge in [-0.15, -0.1) is 0 Å². The maximum atomic E-state index is 13.5. The van der Waals surface area contributed by atoms with E-state index in [9.17, 15) is 19.3 Å². The Labute approximate surface area is 116 Å². The molecule has 1 unspecified atom stereocenters. The summed E-state index contributed by atoms with van der Waals surface area (Å²) in [4.78, 5) is 21.6. The molecule has 1 atom stereocenters. The van der Waals surface area contributed by atoms with Crippen molar-refractivity contribution in [3.8, 4) is 0 Å². The maximum absolute atomic E-state index is 13.5. The van der Waals surface area contributed by atoms with Gasteiger partial charge in [-0.05, 0) is 31.4 Å². The first kappa shape index (κ1) is 16.0. The van der Waals surface area contributed by atoms with Gasteiger partial charge in [0.05, 0.1) is 10.6 Å². The highest BCUT2D eigenvalue weighted by Gasteiger charge is 2.13. The summed E-state index contributed by atoms with van der Waals surface area (Å²) in [6.07, 6.45) is 1.68. The molecule has 0 saturated heterocycles. The molecule has 1 aromatic rings. The summed E-state index contributed by atoms with van der Waals surface area (Å²) >= 11 is 0. The summed E-state index contributed by atoms with van der Waals surface area (Å²) in [6.45, 7) is 2.54. The van der Waals surface area contributed by atoms with Gasteiger partial charge in [0.25, 0.3) is 5.69 Å². The van der Waals surface area contributed by atoms with Crippen molar-refractivity contribution in [2.75, 3.05) is 11.9 Å². The van der Waals surface area contributed by atoms with Crippen molar-refractivity contribution in [3.05, 3.63) is 34.1 Å². The molecule has 20 heavy (non-hydrogen) atoms. The van der Waals surface area contributed by atoms with Gasteiger partial charge in [-0.25, -0.2) is 4.39 Å². The number of nitrogens with one attached hydrogen (secondary N) is 1. The van der Waals surface area contributed by atoms with Gasteiger partial charge in [0.2, 0.25) is 5.91 Å². The first-order valence-corrected chi connectivity index (χ1v) is 6.38. The molecule has 1 amide bonds. The van der Waals surface area contributed by atoms with Crippen LogP contribution in [0.5, 0.6) is 0 Å². The summed E-state index contributed by atoms with van der Waals surface area (Å²) in [6, 6.07) is 3.02. The van der Waals surface area contributed by atoms with Crippen LogP contribution in [0.4, 0.5) is 15.8 Å². The number of nitrogens with zero attached hydrogens (tertiary/aromatic N) is 1. The molecular formula is C13H18FN3O3. The average Bonchev–Trinajstić information content (AvgIpc) is 2.39. The monoisotopic (exact) mass is 283 g/mol. The van der Waals surface area contributed by atoms with Gasteiger partial charge in [-0.2, -0.15) is 0 Å². The topological polar surface area (TPSA) is 98.3 Å². The number of carbonyl (C=O) groups is 1. The van der Waals surface area contributed by atoms with Gasteiger partial charge in [0.15, 0.2) is 0 Å². The number of nitrogens with two attached hydrogens (primary N) is 1. The van der Waals surface area contributed by atoms with Crippen molar-refractivity contribution in [2.45, 2.75) is 26.2 Å². The lowest BCUT2D eigenvalue weighted by Crippen LogP contribution is -2.15. The standard InChI is InChI=1S/C13H18FN3O3/c1-9(6-7-15)2-5-13(18)16-12-8-10(17(19)20)3-4-11(12)14/h3-4,8-9H,2,5-7,15H2,1H3,(H,16,18). The number of hydrogen-bond donors (Lipinski definition) is 2. The Morgan fingerprint density at radius 2 is 2.20 bits per heavy atom. The number of amides is 1. The third-order valence-corrected chi connectivity index (χ3v) is 2.96. The largest absolute Gasteiger partial charge is 0.330 e. The quantitative estimate of drug-likeness (QED) is 0.593. The Morgan fingerprint density at radius 3 is 2.80 bits per heavy atom. The highest BCUT2D eigenvalue weighted by Crippen LogP contribution is 2.21. The van der Waals surface area contributed by atoms with E-state index in [1.54, 1.807) is 0 Å². The minimum Gasteiger partial charge on any atom is -0.330 e. The van der Waals surface area contributed by atoms with Crippen LogP contribution >= 0.6 is 0 Å². The van der Waals surface area contributed by atoms with E-state index >= 15 is 0 Å². The second kappa shape index (κ2) is 7.54. The van der Waals surface area contributed by atoms with Crippen molar-refractivity contribution in [3.63, 3.8) is 0 Å². The maximum Gasteiger partial charge on any atom is 0.271 e. The molecule has 0 radical (unpaired) electrons. The zero-order valence-corrected chi connectivity index (χ0v) is 11.3. The Kier molecular flexibility index (Phi) is 6.05. The van der Waals surface area contributed by atoms with Crippen LogP contribution in [0.3, 0.4) is 0 Å². The van der Waals surface area contributed by atoms with Crippen LogP contribution in [-0.2, 0) is 4.79 Å². The minimum atomic E-state index is -0.695. The molecule has 0 fully saturated rings. The van der Waals surface area contributed by atoms with E-state index in [2.05, 4.69) is 5.32 Å². The molecule has 0 aliphatic rings. The van der Waals surface area contributed by atoms with Crippen molar-refractivity contribution < 1.29 is 14.1 Å². The molecule has 0 aliphatic carbocycles. The number of anilines is 1. The van der Waals surface area contributed by atoms with Crippen molar-refractivity contribution in [1.29, 1.82) is 0 Å². The van der Waals surface area contributed by atoms with Crippen LogP contribution in [0.25, 0.3) is 0 Å². The number of nitro groups is 1. The lowest BCUT2D eigenvalue weighted by atomic mass is 10.0. The zero-order valence-electron chi connectivity index (χ0n) is 11.3. The molecule has 110 valence electrons. The van der Waals surface area contributed by atoms with Gasteiger partial charge in [-0.1, -0.05) is 6.92 Å². The minimum absolute atomic E-state index is 0.171.